The van der Waals surface area contributed by atoms with Crippen LogP contribution in [0, 0.1) is 0 Å². The van der Waals surface area contributed by atoms with Crippen LogP contribution < -0.4 is 4.89 Å². The number of benzene rings is 1. The number of hydrogen-bond donors (Lipinski definition) is 0. The average molecular weight is 318 g/mol. The van der Waals surface area contributed by atoms with Gasteiger partial charge in [-0.2, -0.15) is 8.42 Å². The largest absolute Gasteiger partial charge is 0.321 e. The van der Waals surface area contributed by atoms with Gasteiger partial charge >= 0.3 is 10.1 Å². The molecule has 7 heteroatoms. The molecule has 0 saturated heterocycles. The van der Waals surface area contributed by atoms with Crippen LogP contribution >= 0.6 is 15.9 Å². The van der Waals surface area contributed by atoms with E-state index in [1.54, 1.807) is 31.2 Å². The molecule has 0 aromatic heterocycles. The molecule has 0 spiro atoms. The van der Waals surface area contributed by atoms with Crippen molar-refractivity contribution in [2.75, 3.05) is 5.75 Å². The summed E-state index contributed by atoms with van der Waals surface area (Å²) in [6, 6.07) is 6.66. The first-order chi connectivity index (χ1) is 7.03. The maximum absolute atomic E-state index is 11.1. The minimum atomic E-state index is -3.57. The minimum absolute atomic E-state index is 0. The van der Waals surface area contributed by atoms with Gasteiger partial charge in [0.1, 0.15) is 0 Å². The summed E-state index contributed by atoms with van der Waals surface area (Å²) in [5.74, 6) is 0.293. The van der Waals surface area contributed by atoms with Crippen LogP contribution in [0.15, 0.2) is 28.7 Å². The van der Waals surface area contributed by atoms with Crippen molar-refractivity contribution in [2.45, 2.75) is 13.3 Å². The molecule has 0 atom stereocenters. The van der Waals surface area contributed by atoms with Crippen LogP contribution in [-0.2, 0) is 14.5 Å². The molecule has 0 unspecified atom stereocenters. The van der Waals surface area contributed by atoms with Gasteiger partial charge in [-0.3, -0.25) is 0 Å². The van der Waals surface area contributed by atoms with E-state index in [-0.39, 0.29) is 35.3 Å². The molecule has 0 heterocycles. The Morgan fingerprint density at radius 2 is 1.81 bits per heavy atom. The molecule has 4 nitrogen and oxygen atoms in total. The molecule has 1 radical (unpaired) electrons. The van der Waals surface area contributed by atoms with Crippen molar-refractivity contribution in [3.8, 4) is 5.75 Å². The maximum atomic E-state index is 11.1. The summed E-state index contributed by atoms with van der Waals surface area (Å²) in [7, 11) is -3.57. The summed E-state index contributed by atoms with van der Waals surface area (Å²) in [5.41, 5.74) is 0. The molecular formula is C9H11BrNaO4S. The zero-order chi connectivity index (χ0) is 11.3. The second kappa shape index (κ2) is 7.68. The summed E-state index contributed by atoms with van der Waals surface area (Å²) < 4.78 is 27.5. The van der Waals surface area contributed by atoms with Gasteiger partial charge in [0.2, 0.25) is 0 Å². The van der Waals surface area contributed by atoms with Crippen LogP contribution in [0.2, 0.25) is 0 Å². The van der Waals surface area contributed by atoms with E-state index in [2.05, 4.69) is 25.2 Å². The third kappa shape index (κ3) is 6.22. The van der Waals surface area contributed by atoms with Gasteiger partial charge in [0.15, 0.2) is 5.75 Å². The first-order valence-corrected chi connectivity index (χ1v) is 6.75. The summed E-state index contributed by atoms with van der Waals surface area (Å²) in [6.07, 6.45) is 0.492. The van der Waals surface area contributed by atoms with Crippen molar-refractivity contribution in [3.05, 3.63) is 28.7 Å². The smallest absolute Gasteiger partial charge is 0.303 e. The van der Waals surface area contributed by atoms with Crippen LogP contribution in [0.5, 0.6) is 5.75 Å². The van der Waals surface area contributed by atoms with Crippen LogP contribution in [0.25, 0.3) is 0 Å². The van der Waals surface area contributed by atoms with Gasteiger partial charge in [-0.25, -0.2) is 0 Å². The Kier molecular flexibility index (Phi) is 7.88. The second-order valence-electron chi connectivity index (χ2n) is 2.87. The van der Waals surface area contributed by atoms with Crippen molar-refractivity contribution >= 4 is 55.6 Å². The zero-order valence-electron chi connectivity index (χ0n) is 9.14. The quantitative estimate of drug-likeness (QED) is 0.474. The molecule has 85 valence electrons. The Bertz CT molecular complexity index is 404. The van der Waals surface area contributed by atoms with Crippen molar-refractivity contribution in [1.29, 1.82) is 0 Å². The normalized spacial score (nSPS) is 10.6. The monoisotopic (exact) mass is 317 g/mol. The topological polar surface area (TPSA) is 52.6 Å². The predicted octanol–water partition coefficient (Wildman–Crippen LogP) is 2.12. The molecule has 0 aliphatic carbocycles. The molecule has 0 amide bonds. The van der Waals surface area contributed by atoms with Gasteiger partial charge in [0.05, 0.1) is 5.75 Å². The fourth-order valence-corrected chi connectivity index (χ4v) is 1.88. The molecule has 0 fully saturated rings. The predicted molar refractivity (Wildman–Crippen MR) is 65.7 cm³/mol. The Balaban J connectivity index is 0.00000225. The van der Waals surface area contributed by atoms with Crippen LogP contribution in [0.3, 0.4) is 0 Å². The van der Waals surface area contributed by atoms with E-state index >= 15 is 0 Å². The maximum Gasteiger partial charge on any atom is 0.303 e. The number of hydrogen-bond acceptors (Lipinski definition) is 4. The van der Waals surface area contributed by atoms with Gasteiger partial charge in [0, 0.05) is 34.0 Å². The van der Waals surface area contributed by atoms with Gasteiger partial charge in [-0.1, -0.05) is 27.2 Å². The zero-order valence-corrected chi connectivity index (χ0v) is 13.5. The fraction of sp³-hybridized carbons (Fsp3) is 0.333. The van der Waals surface area contributed by atoms with E-state index in [1.165, 1.54) is 0 Å². The molecule has 16 heavy (non-hydrogen) atoms. The molecule has 0 aliphatic rings. The first-order valence-electron chi connectivity index (χ1n) is 4.38. The molecule has 0 N–H and O–H groups in total. The number of halogens is 1. The Morgan fingerprint density at radius 1 is 1.25 bits per heavy atom. The van der Waals surface area contributed by atoms with E-state index in [9.17, 15) is 8.42 Å². The summed E-state index contributed by atoms with van der Waals surface area (Å²) in [4.78, 5) is 4.67. The standard InChI is InChI=1S/C9H11BrO4S.Na/c1-2-7-15(11,12)14-13-9-5-3-8(10)4-6-9;/h3-6H,2,7H2,1H3;. The molecule has 0 saturated carbocycles. The minimum Gasteiger partial charge on any atom is -0.321 e. The van der Waals surface area contributed by atoms with Crippen LogP contribution in [0.4, 0.5) is 0 Å². The third-order valence-electron chi connectivity index (χ3n) is 1.50. The molecule has 1 aromatic carbocycles. The van der Waals surface area contributed by atoms with Gasteiger partial charge in [-0.15, -0.1) is 0 Å². The van der Waals surface area contributed by atoms with Crippen molar-refractivity contribution < 1.29 is 17.6 Å². The average Bonchev–Trinajstić information content (AvgIpc) is 2.17. The first kappa shape index (κ1) is 16.4. The van der Waals surface area contributed by atoms with Gasteiger partial charge in [0.25, 0.3) is 0 Å². The molecule has 1 aromatic rings. The van der Waals surface area contributed by atoms with Crippen molar-refractivity contribution in [1.82, 2.24) is 0 Å². The van der Waals surface area contributed by atoms with E-state index in [0.717, 1.165) is 4.47 Å². The van der Waals surface area contributed by atoms with Crippen molar-refractivity contribution in [3.63, 3.8) is 0 Å². The second-order valence-corrected chi connectivity index (χ2v) is 5.44. The molecule has 0 bridgehead atoms. The summed E-state index contributed by atoms with van der Waals surface area (Å²) >= 11 is 3.25. The van der Waals surface area contributed by atoms with Gasteiger partial charge in [-0.05, 0) is 30.7 Å². The number of rotatable bonds is 5. The Morgan fingerprint density at radius 3 is 2.31 bits per heavy atom. The van der Waals surface area contributed by atoms with Crippen molar-refractivity contribution in [2.24, 2.45) is 0 Å². The van der Waals surface area contributed by atoms with Crippen LogP contribution in [-0.4, -0.2) is 43.7 Å². The molecule has 1 rings (SSSR count). The van der Waals surface area contributed by atoms with E-state index in [0.29, 0.717) is 12.2 Å². The SMILES string of the molecule is CCCS(=O)(=O)OOc1ccc(Br)cc1.[Na]. The third-order valence-corrected chi connectivity index (χ3v) is 3.21. The summed E-state index contributed by atoms with van der Waals surface area (Å²) in [6.45, 7) is 1.75. The van der Waals surface area contributed by atoms with Crippen LogP contribution in [0.1, 0.15) is 13.3 Å². The van der Waals surface area contributed by atoms with E-state index in [4.69, 9.17) is 0 Å². The molecular weight excluding hydrogens is 307 g/mol. The summed E-state index contributed by atoms with van der Waals surface area (Å²) in [5, 5.41) is 0. The van der Waals surface area contributed by atoms with E-state index < -0.39 is 10.1 Å². The molecule has 0 aliphatic heterocycles. The van der Waals surface area contributed by atoms with Gasteiger partial charge < -0.3 is 4.89 Å². The Labute approximate surface area is 126 Å². The van der Waals surface area contributed by atoms with E-state index in [1.807, 2.05) is 0 Å². The Hall–Kier alpha value is 0.410. The fourth-order valence-electron chi connectivity index (χ4n) is 0.865.